The van der Waals surface area contributed by atoms with Gasteiger partial charge in [0.2, 0.25) is 0 Å². The summed E-state index contributed by atoms with van der Waals surface area (Å²) in [6.07, 6.45) is 0.679. The van der Waals surface area contributed by atoms with Gasteiger partial charge in [-0.05, 0) is 42.2 Å². The molecule has 0 bridgehead atoms. The summed E-state index contributed by atoms with van der Waals surface area (Å²) < 4.78 is 5.73. The molecule has 1 N–H and O–H groups in total. The lowest BCUT2D eigenvalue weighted by atomic mass is 10.1. The Kier molecular flexibility index (Phi) is 5.13. The molecule has 0 aliphatic heterocycles. The lowest BCUT2D eigenvalue weighted by Gasteiger charge is -2.09. The molecule has 2 rings (SSSR count). The summed E-state index contributed by atoms with van der Waals surface area (Å²) in [6, 6.07) is 13.8. The molecule has 1 aromatic heterocycles. The minimum atomic E-state index is 0.173. The lowest BCUT2D eigenvalue weighted by molar-refractivity contribution is 0.297. The van der Waals surface area contributed by atoms with Crippen molar-refractivity contribution in [3.63, 3.8) is 0 Å². The van der Waals surface area contributed by atoms with Gasteiger partial charge in [-0.25, -0.2) is 0 Å². The van der Waals surface area contributed by atoms with Crippen LogP contribution in [0.3, 0.4) is 0 Å². The Hall–Kier alpha value is -1.87. The molecule has 0 saturated heterocycles. The Bertz CT molecular complexity index is 535. The lowest BCUT2D eigenvalue weighted by Crippen LogP contribution is -2.01. The van der Waals surface area contributed by atoms with Crippen LogP contribution >= 0.6 is 0 Å². The highest BCUT2D eigenvalue weighted by Gasteiger charge is 2.03. The van der Waals surface area contributed by atoms with Crippen molar-refractivity contribution in [2.45, 2.75) is 32.8 Å². The van der Waals surface area contributed by atoms with E-state index < -0.39 is 0 Å². The Morgan fingerprint density at radius 3 is 2.50 bits per heavy atom. The largest absolute Gasteiger partial charge is 0.487 e. The fourth-order valence-corrected chi connectivity index (χ4v) is 1.94. The molecule has 3 nitrogen and oxygen atoms in total. The number of pyridine rings is 1. The van der Waals surface area contributed by atoms with Gasteiger partial charge in [-0.3, -0.25) is 4.98 Å². The van der Waals surface area contributed by atoms with Gasteiger partial charge in [-0.1, -0.05) is 32.0 Å². The van der Waals surface area contributed by atoms with Crippen molar-refractivity contribution >= 4 is 0 Å². The van der Waals surface area contributed by atoms with Crippen LogP contribution in [0.5, 0.6) is 5.75 Å². The molecule has 0 radical (unpaired) electrons. The quantitative estimate of drug-likeness (QED) is 0.876. The molecule has 0 spiro atoms. The van der Waals surface area contributed by atoms with E-state index in [0.29, 0.717) is 18.9 Å². The number of aromatic nitrogens is 1. The second-order valence-corrected chi connectivity index (χ2v) is 5.11. The minimum Gasteiger partial charge on any atom is -0.487 e. The van der Waals surface area contributed by atoms with Crippen molar-refractivity contribution in [2.24, 2.45) is 0 Å². The normalized spacial score (nSPS) is 10.8. The van der Waals surface area contributed by atoms with Gasteiger partial charge in [-0.15, -0.1) is 0 Å². The van der Waals surface area contributed by atoms with E-state index in [4.69, 9.17) is 9.84 Å². The summed E-state index contributed by atoms with van der Waals surface area (Å²) in [7, 11) is 0. The smallest absolute Gasteiger partial charge is 0.130 e. The van der Waals surface area contributed by atoms with E-state index in [9.17, 15) is 0 Å². The Morgan fingerprint density at radius 1 is 1.10 bits per heavy atom. The van der Waals surface area contributed by atoms with Crippen molar-refractivity contribution < 1.29 is 9.84 Å². The van der Waals surface area contributed by atoms with Gasteiger partial charge < -0.3 is 9.84 Å². The first kappa shape index (κ1) is 14.5. The second kappa shape index (κ2) is 7.06. The molecule has 106 valence electrons. The molecule has 0 aliphatic carbocycles. The van der Waals surface area contributed by atoms with Gasteiger partial charge in [0.1, 0.15) is 12.4 Å². The third kappa shape index (κ3) is 4.07. The maximum atomic E-state index is 8.87. The SMILES string of the molecule is CC(C)c1cccc(COc2ccc(CCO)cc2)n1. The first-order chi connectivity index (χ1) is 9.69. The van der Waals surface area contributed by atoms with Gasteiger partial charge in [0.25, 0.3) is 0 Å². The molecule has 0 unspecified atom stereocenters. The summed E-state index contributed by atoms with van der Waals surface area (Å²) in [4.78, 5) is 4.58. The van der Waals surface area contributed by atoms with E-state index in [-0.39, 0.29) is 6.61 Å². The third-order valence-corrected chi connectivity index (χ3v) is 3.13. The van der Waals surface area contributed by atoms with Gasteiger partial charge in [0.05, 0.1) is 5.69 Å². The average Bonchev–Trinajstić information content (AvgIpc) is 2.47. The fraction of sp³-hybridized carbons (Fsp3) is 0.353. The highest BCUT2D eigenvalue weighted by Crippen LogP contribution is 2.15. The minimum absolute atomic E-state index is 0.173. The predicted octanol–water partition coefficient (Wildman–Crippen LogP) is 3.32. The van der Waals surface area contributed by atoms with Crippen molar-refractivity contribution in [1.82, 2.24) is 4.98 Å². The highest BCUT2D eigenvalue weighted by molar-refractivity contribution is 5.27. The van der Waals surface area contributed by atoms with E-state index in [2.05, 4.69) is 18.8 Å². The predicted molar refractivity (Wildman–Crippen MR) is 79.9 cm³/mol. The standard InChI is InChI=1S/C17H21NO2/c1-13(2)17-5-3-4-15(18-17)12-20-16-8-6-14(7-9-16)10-11-19/h3-9,13,19H,10-12H2,1-2H3. The molecule has 0 saturated carbocycles. The average molecular weight is 271 g/mol. The summed E-state index contributed by atoms with van der Waals surface area (Å²) in [5.74, 6) is 1.25. The monoisotopic (exact) mass is 271 g/mol. The maximum absolute atomic E-state index is 8.87. The van der Waals surface area contributed by atoms with E-state index in [1.54, 1.807) is 0 Å². The fourth-order valence-electron chi connectivity index (χ4n) is 1.94. The van der Waals surface area contributed by atoms with Gasteiger partial charge in [-0.2, -0.15) is 0 Å². The van der Waals surface area contributed by atoms with Crippen LogP contribution in [0.15, 0.2) is 42.5 Å². The molecule has 1 heterocycles. The van der Waals surface area contributed by atoms with Crippen molar-refractivity contribution in [2.75, 3.05) is 6.61 Å². The molecular formula is C17H21NO2. The highest BCUT2D eigenvalue weighted by atomic mass is 16.5. The van der Waals surface area contributed by atoms with Crippen molar-refractivity contribution in [3.05, 3.63) is 59.4 Å². The zero-order valence-corrected chi connectivity index (χ0v) is 12.0. The summed E-state index contributed by atoms with van der Waals surface area (Å²) in [5, 5.41) is 8.87. The molecule has 2 aromatic rings. The number of rotatable bonds is 6. The van der Waals surface area contributed by atoms with Crippen LogP contribution in [0.2, 0.25) is 0 Å². The zero-order chi connectivity index (χ0) is 14.4. The van der Waals surface area contributed by atoms with Crippen LogP contribution in [0.1, 0.15) is 36.7 Å². The summed E-state index contributed by atoms with van der Waals surface area (Å²) >= 11 is 0. The molecule has 0 amide bonds. The van der Waals surface area contributed by atoms with E-state index in [1.165, 1.54) is 0 Å². The Balaban J connectivity index is 1.96. The molecule has 20 heavy (non-hydrogen) atoms. The molecule has 0 fully saturated rings. The number of hydrogen-bond acceptors (Lipinski definition) is 3. The number of aliphatic hydroxyl groups excluding tert-OH is 1. The van der Waals surface area contributed by atoms with Crippen LogP contribution in [0, 0.1) is 0 Å². The van der Waals surface area contributed by atoms with Gasteiger partial charge >= 0.3 is 0 Å². The van der Waals surface area contributed by atoms with E-state index in [1.807, 2.05) is 42.5 Å². The molecule has 0 atom stereocenters. The molecule has 1 aromatic carbocycles. The zero-order valence-electron chi connectivity index (χ0n) is 12.0. The number of ether oxygens (including phenoxy) is 1. The van der Waals surface area contributed by atoms with Crippen molar-refractivity contribution in [1.29, 1.82) is 0 Å². The molecular weight excluding hydrogens is 250 g/mol. The number of hydrogen-bond donors (Lipinski definition) is 1. The maximum Gasteiger partial charge on any atom is 0.130 e. The topological polar surface area (TPSA) is 42.4 Å². The first-order valence-corrected chi connectivity index (χ1v) is 6.97. The van der Waals surface area contributed by atoms with Crippen LogP contribution in [-0.2, 0) is 13.0 Å². The van der Waals surface area contributed by atoms with Crippen LogP contribution in [-0.4, -0.2) is 16.7 Å². The van der Waals surface area contributed by atoms with Crippen LogP contribution in [0.4, 0.5) is 0 Å². The Labute approximate surface area is 120 Å². The molecule has 3 heteroatoms. The number of benzene rings is 1. The van der Waals surface area contributed by atoms with Crippen LogP contribution in [0.25, 0.3) is 0 Å². The second-order valence-electron chi connectivity index (χ2n) is 5.11. The Morgan fingerprint density at radius 2 is 1.85 bits per heavy atom. The van der Waals surface area contributed by atoms with E-state index in [0.717, 1.165) is 22.7 Å². The molecule has 0 aliphatic rings. The number of aliphatic hydroxyl groups is 1. The third-order valence-electron chi connectivity index (χ3n) is 3.13. The van der Waals surface area contributed by atoms with Crippen molar-refractivity contribution in [3.8, 4) is 5.75 Å². The van der Waals surface area contributed by atoms with E-state index >= 15 is 0 Å². The van der Waals surface area contributed by atoms with Crippen LogP contribution < -0.4 is 4.74 Å². The van der Waals surface area contributed by atoms with Gasteiger partial charge in [0.15, 0.2) is 0 Å². The summed E-state index contributed by atoms with van der Waals surface area (Å²) in [6.45, 7) is 4.91. The first-order valence-electron chi connectivity index (χ1n) is 6.97. The van der Waals surface area contributed by atoms with Gasteiger partial charge in [0, 0.05) is 12.3 Å². The summed E-state index contributed by atoms with van der Waals surface area (Å²) in [5.41, 5.74) is 3.14. The number of nitrogens with zero attached hydrogens (tertiary/aromatic N) is 1.